The first-order valence-corrected chi connectivity index (χ1v) is 9.69. The van der Waals surface area contributed by atoms with Crippen LogP contribution in [0.4, 0.5) is 0 Å². The molecule has 1 saturated carbocycles. The summed E-state index contributed by atoms with van der Waals surface area (Å²) in [4.78, 5) is 27.5. The van der Waals surface area contributed by atoms with Gasteiger partial charge in [-0.2, -0.15) is 5.26 Å². The van der Waals surface area contributed by atoms with E-state index in [-0.39, 0.29) is 17.7 Å². The monoisotopic (exact) mass is 423 g/mol. The van der Waals surface area contributed by atoms with E-state index >= 15 is 0 Å². The number of nitriles is 1. The van der Waals surface area contributed by atoms with Crippen molar-refractivity contribution in [3.63, 3.8) is 0 Å². The summed E-state index contributed by atoms with van der Waals surface area (Å²) >= 11 is 3.39. The third-order valence-electron chi connectivity index (χ3n) is 5.30. The number of amides is 2. The molecule has 0 aromatic heterocycles. The number of likely N-dealkylation sites (tertiary alicyclic amines) is 1. The van der Waals surface area contributed by atoms with Crippen molar-refractivity contribution in [1.82, 2.24) is 10.2 Å². The number of carbonyl (C=O) groups excluding carboxylic acids is 2. The molecule has 0 bridgehead atoms. The van der Waals surface area contributed by atoms with Gasteiger partial charge < -0.3 is 10.2 Å². The smallest absolute Gasteiger partial charge is 0.254 e. The molecule has 4 unspecified atom stereocenters. The molecule has 2 fully saturated rings. The molecule has 5 nitrogen and oxygen atoms in total. The minimum absolute atomic E-state index is 0.126. The molecule has 0 radical (unpaired) electrons. The zero-order chi connectivity index (χ0) is 19.0. The first-order chi connectivity index (χ1) is 13.1. The molecular weight excluding hydrogens is 406 g/mol. The van der Waals surface area contributed by atoms with Crippen molar-refractivity contribution in [2.45, 2.75) is 18.5 Å². The van der Waals surface area contributed by atoms with E-state index in [1.807, 2.05) is 36.4 Å². The van der Waals surface area contributed by atoms with Crippen LogP contribution in [-0.2, 0) is 4.79 Å². The van der Waals surface area contributed by atoms with Crippen LogP contribution in [-0.4, -0.2) is 29.3 Å². The SMILES string of the molecule is N#CC(NC(=O)C1C2CC2CN1C(=O)c1ccccc1)c1cccc(Br)c1. The van der Waals surface area contributed by atoms with E-state index in [4.69, 9.17) is 0 Å². The zero-order valence-corrected chi connectivity index (χ0v) is 16.1. The summed E-state index contributed by atoms with van der Waals surface area (Å²) in [5.74, 6) is 0.203. The third kappa shape index (κ3) is 3.47. The van der Waals surface area contributed by atoms with Crippen molar-refractivity contribution in [3.8, 4) is 6.07 Å². The molecular formula is C21H18BrN3O2. The summed E-state index contributed by atoms with van der Waals surface area (Å²) in [6, 6.07) is 17.2. The summed E-state index contributed by atoms with van der Waals surface area (Å²) in [5.41, 5.74) is 1.30. The van der Waals surface area contributed by atoms with Gasteiger partial charge in [0.15, 0.2) is 0 Å². The van der Waals surface area contributed by atoms with Gasteiger partial charge in [0.1, 0.15) is 12.1 Å². The molecule has 2 aliphatic rings. The van der Waals surface area contributed by atoms with Crippen LogP contribution in [0.15, 0.2) is 59.1 Å². The number of nitrogens with zero attached hydrogens (tertiary/aromatic N) is 2. The molecule has 2 aromatic carbocycles. The second-order valence-corrected chi connectivity index (χ2v) is 7.97. The summed E-state index contributed by atoms with van der Waals surface area (Å²) in [6.45, 7) is 0.602. The van der Waals surface area contributed by atoms with Crippen LogP contribution in [0.25, 0.3) is 0 Å². The number of rotatable bonds is 4. The van der Waals surface area contributed by atoms with Gasteiger partial charge >= 0.3 is 0 Å². The Balaban J connectivity index is 1.53. The van der Waals surface area contributed by atoms with Gasteiger partial charge in [0.2, 0.25) is 5.91 Å². The fraction of sp³-hybridized carbons (Fsp3) is 0.286. The lowest BCUT2D eigenvalue weighted by molar-refractivity contribution is -0.126. The molecule has 4 rings (SSSR count). The van der Waals surface area contributed by atoms with Crippen molar-refractivity contribution < 1.29 is 9.59 Å². The molecule has 1 aliphatic carbocycles. The molecule has 1 aliphatic heterocycles. The highest BCUT2D eigenvalue weighted by Gasteiger charge is 2.57. The van der Waals surface area contributed by atoms with Gasteiger partial charge in [0, 0.05) is 16.6 Å². The van der Waals surface area contributed by atoms with E-state index < -0.39 is 12.1 Å². The number of hydrogen-bond acceptors (Lipinski definition) is 3. The second-order valence-electron chi connectivity index (χ2n) is 7.05. The molecule has 4 atom stereocenters. The van der Waals surface area contributed by atoms with E-state index in [0.29, 0.717) is 23.6 Å². The number of halogens is 1. The van der Waals surface area contributed by atoms with Crippen molar-refractivity contribution in [2.24, 2.45) is 11.8 Å². The van der Waals surface area contributed by atoms with Crippen LogP contribution in [0.3, 0.4) is 0 Å². The molecule has 2 aromatic rings. The Morgan fingerprint density at radius 2 is 1.96 bits per heavy atom. The van der Waals surface area contributed by atoms with E-state index in [2.05, 4.69) is 27.3 Å². The van der Waals surface area contributed by atoms with Crippen LogP contribution < -0.4 is 5.32 Å². The van der Waals surface area contributed by atoms with E-state index in [0.717, 1.165) is 10.9 Å². The number of benzene rings is 2. The standard InChI is InChI=1S/C21H18BrN3O2/c22-16-8-4-7-14(9-16)18(11-23)24-20(26)19-17-10-15(17)12-25(19)21(27)13-5-2-1-3-6-13/h1-9,15,17-19H,10,12H2,(H,24,26). The Bertz CT molecular complexity index is 925. The number of hydrogen-bond donors (Lipinski definition) is 1. The number of piperidine rings is 1. The quantitative estimate of drug-likeness (QED) is 0.819. The zero-order valence-electron chi connectivity index (χ0n) is 14.5. The number of nitrogens with one attached hydrogen (secondary N) is 1. The largest absolute Gasteiger partial charge is 0.335 e. The molecule has 0 spiro atoms. The van der Waals surface area contributed by atoms with Crippen LogP contribution in [0.2, 0.25) is 0 Å². The predicted molar refractivity (Wildman–Crippen MR) is 104 cm³/mol. The second kappa shape index (κ2) is 7.16. The predicted octanol–water partition coefficient (Wildman–Crippen LogP) is 3.29. The summed E-state index contributed by atoms with van der Waals surface area (Å²) < 4.78 is 0.846. The average molecular weight is 424 g/mol. The van der Waals surface area contributed by atoms with Gasteiger partial charge in [-0.05, 0) is 48.1 Å². The lowest BCUT2D eigenvalue weighted by Crippen LogP contribution is -2.49. The van der Waals surface area contributed by atoms with Crippen LogP contribution >= 0.6 is 15.9 Å². The molecule has 1 heterocycles. The Labute approximate surface area is 166 Å². The highest BCUT2D eigenvalue weighted by Crippen LogP contribution is 2.50. The van der Waals surface area contributed by atoms with Gasteiger partial charge in [-0.3, -0.25) is 9.59 Å². The first-order valence-electron chi connectivity index (χ1n) is 8.90. The van der Waals surface area contributed by atoms with Gasteiger partial charge in [-0.25, -0.2) is 0 Å². The average Bonchev–Trinajstić information content (AvgIpc) is 3.35. The number of fused-ring (bicyclic) bond motifs is 1. The molecule has 27 heavy (non-hydrogen) atoms. The lowest BCUT2D eigenvalue weighted by atomic mass is 10.1. The third-order valence-corrected chi connectivity index (χ3v) is 5.79. The molecule has 6 heteroatoms. The fourth-order valence-electron chi connectivity index (χ4n) is 3.86. The van der Waals surface area contributed by atoms with Gasteiger partial charge in [-0.1, -0.05) is 46.3 Å². The van der Waals surface area contributed by atoms with Crippen molar-refractivity contribution in [3.05, 3.63) is 70.2 Å². The fourth-order valence-corrected chi connectivity index (χ4v) is 4.28. The minimum Gasteiger partial charge on any atom is -0.335 e. The Morgan fingerprint density at radius 1 is 1.19 bits per heavy atom. The molecule has 1 N–H and O–H groups in total. The van der Waals surface area contributed by atoms with Crippen molar-refractivity contribution in [1.29, 1.82) is 5.26 Å². The summed E-state index contributed by atoms with van der Waals surface area (Å²) in [6.07, 6.45) is 0.963. The van der Waals surface area contributed by atoms with Gasteiger partial charge in [0.25, 0.3) is 5.91 Å². The van der Waals surface area contributed by atoms with E-state index in [9.17, 15) is 14.9 Å². The maximum Gasteiger partial charge on any atom is 0.254 e. The molecule has 2 amide bonds. The molecule has 136 valence electrons. The lowest BCUT2D eigenvalue weighted by Gasteiger charge is -2.27. The van der Waals surface area contributed by atoms with Crippen LogP contribution in [0, 0.1) is 23.2 Å². The first kappa shape index (κ1) is 17.7. The highest BCUT2D eigenvalue weighted by atomic mass is 79.9. The Hall–Kier alpha value is -2.65. The van der Waals surface area contributed by atoms with Crippen molar-refractivity contribution >= 4 is 27.7 Å². The van der Waals surface area contributed by atoms with E-state index in [1.165, 1.54) is 0 Å². The van der Waals surface area contributed by atoms with Crippen LogP contribution in [0.1, 0.15) is 28.4 Å². The number of carbonyl (C=O) groups is 2. The van der Waals surface area contributed by atoms with Gasteiger partial charge in [0.05, 0.1) is 6.07 Å². The summed E-state index contributed by atoms with van der Waals surface area (Å²) in [5, 5.41) is 12.4. The highest BCUT2D eigenvalue weighted by molar-refractivity contribution is 9.10. The maximum absolute atomic E-state index is 13.0. The Kier molecular flexibility index (Phi) is 4.71. The van der Waals surface area contributed by atoms with Crippen LogP contribution in [0.5, 0.6) is 0 Å². The van der Waals surface area contributed by atoms with E-state index in [1.54, 1.807) is 23.1 Å². The van der Waals surface area contributed by atoms with Crippen molar-refractivity contribution in [2.75, 3.05) is 6.54 Å². The molecule has 1 saturated heterocycles. The maximum atomic E-state index is 13.0. The summed E-state index contributed by atoms with van der Waals surface area (Å²) in [7, 11) is 0. The van der Waals surface area contributed by atoms with Gasteiger partial charge in [-0.15, -0.1) is 0 Å². The normalized spacial score (nSPS) is 23.9. The topological polar surface area (TPSA) is 73.2 Å². The minimum atomic E-state index is -0.749. The Morgan fingerprint density at radius 3 is 2.67 bits per heavy atom.